The molecule has 1 aliphatic heterocycles. The quantitative estimate of drug-likeness (QED) is 0.886. The van der Waals surface area contributed by atoms with Crippen molar-refractivity contribution in [2.75, 3.05) is 26.7 Å². The molecule has 1 saturated heterocycles. The fraction of sp³-hybridized carbons (Fsp3) is 0.526. The normalized spacial score (nSPS) is 16.5. The number of aromatic nitrogens is 1. The number of hydrogen-bond donors (Lipinski definition) is 2. The van der Waals surface area contributed by atoms with E-state index in [2.05, 4.69) is 41.2 Å². The molecule has 0 saturated carbocycles. The highest BCUT2D eigenvalue weighted by Crippen LogP contribution is 2.22. The van der Waals surface area contributed by atoms with Crippen molar-refractivity contribution in [1.82, 2.24) is 20.1 Å². The van der Waals surface area contributed by atoms with Crippen LogP contribution >= 0.6 is 0 Å². The molecular weight excluding hydrogens is 300 g/mol. The van der Waals surface area contributed by atoms with E-state index in [1.54, 1.807) is 4.90 Å². The van der Waals surface area contributed by atoms with Gasteiger partial charge in [-0.3, -0.25) is 0 Å². The summed E-state index contributed by atoms with van der Waals surface area (Å²) in [7, 11) is 1.85. The number of nitrogens with zero attached hydrogens (tertiary/aromatic N) is 2. The summed E-state index contributed by atoms with van der Waals surface area (Å²) in [5.41, 5.74) is 3.44. The van der Waals surface area contributed by atoms with Gasteiger partial charge in [-0.05, 0) is 51.4 Å². The molecule has 2 amide bonds. The minimum atomic E-state index is -0.0141. The van der Waals surface area contributed by atoms with Gasteiger partial charge < -0.3 is 20.1 Å². The van der Waals surface area contributed by atoms with Gasteiger partial charge in [0.05, 0.1) is 6.54 Å². The number of fused-ring (bicyclic) bond motifs is 1. The molecule has 0 radical (unpaired) electrons. The van der Waals surface area contributed by atoms with E-state index in [0.29, 0.717) is 6.54 Å². The SMILES string of the molecule is Cc1c(CN(C)C(=O)NC(C)CN2CCCC2)[nH]c2ccccc12. The minimum Gasteiger partial charge on any atom is -0.357 e. The molecule has 3 rings (SSSR count). The number of H-pyrrole nitrogens is 1. The number of urea groups is 1. The second-order valence-corrected chi connectivity index (χ2v) is 6.99. The first-order valence-corrected chi connectivity index (χ1v) is 8.85. The number of hydrogen-bond acceptors (Lipinski definition) is 2. The van der Waals surface area contributed by atoms with Crippen molar-refractivity contribution in [2.45, 2.75) is 39.3 Å². The first-order valence-electron chi connectivity index (χ1n) is 8.85. The zero-order valence-electron chi connectivity index (χ0n) is 14.9. The zero-order chi connectivity index (χ0) is 17.1. The van der Waals surface area contributed by atoms with Gasteiger partial charge in [-0.25, -0.2) is 4.79 Å². The lowest BCUT2D eigenvalue weighted by molar-refractivity contribution is 0.198. The second kappa shape index (κ2) is 7.26. The molecule has 1 aliphatic rings. The molecule has 1 atom stereocenters. The summed E-state index contributed by atoms with van der Waals surface area (Å²) < 4.78 is 0. The van der Waals surface area contributed by atoms with Crippen LogP contribution in [0.15, 0.2) is 24.3 Å². The topological polar surface area (TPSA) is 51.4 Å². The first-order chi connectivity index (χ1) is 11.5. The maximum Gasteiger partial charge on any atom is 0.317 e. The molecule has 1 aromatic heterocycles. The van der Waals surface area contributed by atoms with Crippen LogP contribution in [0, 0.1) is 6.92 Å². The molecule has 24 heavy (non-hydrogen) atoms. The van der Waals surface area contributed by atoms with E-state index in [0.717, 1.165) is 30.8 Å². The highest BCUT2D eigenvalue weighted by molar-refractivity contribution is 5.84. The number of benzene rings is 1. The van der Waals surface area contributed by atoms with E-state index in [-0.39, 0.29) is 12.1 Å². The number of para-hydroxylation sites is 1. The first kappa shape index (κ1) is 16.8. The van der Waals surface area contributed by atoms with Crippen molar-refractivity contribution in [3.63, 3.8) is 0 Å². The number of aromatic amines is 1. The average Bonchev–Trinajstić information content (AvgIpc) is 3.16. The third-order valence-electron chi connectivity index (χ3n) is 4.91. The van der Waals surface area contributed by atoms with Crippen molar-refractivity contribution < 1.29 is 4.79 Å². The predicted molar refractivity (Wildman–Crippen MR) is 98.2 cm³/mol. The molecular formula is C19H28N4O. The van der Waals surface area contributed by atoms with Crippen molar-refractivity contribution in [3.05, 3.63) is 35.5 Å². The van der Waals surface area contributed by atoms with Crippen molar-refractivity contribution in [3.8, 4) is 0 Å². The van der Waals surface area contributed by atoms with Crippen LogP contribution in [0.1, 0.15) is 31.0 Å². The molecule has 1 aromatic carbocycles. The number of carbonyl (C=O) groups excluding carboxylic acids is 1. The van der Waals surface area contributed by atoms with Gasteiger partial charge >= 0.3 is 6.03 Å². The second-order valence-electron chi connectivity index (χ2n) is 6.99. The third-order valence-corrected chi connectivity index (χ3v) is 4.91. The summed E-state index contributed by atoms with van der Waals surface area (Å²) in [5.74, 6) is 0. The molecule has 0 bridgehead atoms. The molecule has 5 nitrogen and oxygen atoms in total. The molecule has 2 heterocycles. The lowest BCUT2D eigenvalue weighted by Crippen LogP contribution is -2.46. The number of amides is 2. The summed E-state index contributed by atoms with van der Waals surface area (Å²) in [5, 5.41) is 4.34. The van der Waals surface area contributed by atoms with Gasteiger partial charge in [0.25, 0.3) is 0 Å². The van der Waals surface area contributed by atoms with Gasteiger partial charge in [0, 0.05) is 36.2 Å². The fourth-order valence-corrected chi connectivity index (χ4v) is 3.52. The summed E-state index contributed by atoms with van der Waals surface area (Å²) in [6.45, 7) is 8.02. The summed E-state index contributed by atoms with van der Waals surface area (Å²) in [6, 6.07) is 8.41. The van der Waals surface area contributed by atoms with Gasteiger partial charge in [0.2, 0.25) is 0 Å². The monoisotopic (exact) mass is 328 g/mol. The lowest BCUT2D eigenvalue weighted by Gasteiger charge is -2.24. The zero-order valence-corrected chi connectivity index (χ0v) is 14.9. The number of rotatable bonds is 5. The molecule has 0 spiro atoms. The average molecular weight is 328 g/mol. The Hall–Kier alpha value is -2.01. The number of carbonyl (C=O) groups is 1. The van der Waals surface area contributed by atoms with Gasteiger partial charge in [0.15, 0.2) is 0 Å². The van der Waals surface area contributed by atoms with Crippen LogP contribution in [0.3, 0.4) is 0 Å². The van der Waals surface area contributed by atoms with Crippen LogP contribution in [-0.2, 0) is 6.54 Å². The molecule has 0 aliphatic carbocycles. The molecule has 2 aromatic rings. The molecule has 130 valence electrons. The van der Waals surface area contributed by atoms with E-state index < -0.39 is 0 Å². The Bertz CT molecular complexity index is 702. The maximum absolute atomic E-state index is 12.4. The standard InChI is InChI=1S/C19H28N4O/c1-14(12-23-10-6-7-11-23)20-19(24)22(3)13-18-15(2)16-8-4-5-9-17(16)21-18/h4-5,8-9,14,21H,6-7,10-13H2,1-3H3,(H,20,24). The number of likely N-dealkylation sites (tertiary alicyclic amines) is 1. The highest BCUT2D eigenvalue weighted by atomic mass is 16.2. The van der Waals surface area contributed by atoms with Gasteiger partial charge in [-0.15, -0.1) is 0 Å². The Kier molecular flexibility index (Phi) is 5.09. The number of aryl methyl sites for hydroxylation is 1. The van der Waals surface area contributed by atoms with Crippen LogP contribution in [-0.4, -0.2) is 53.5 Å². The predicted octanol–water partition coefficient (Wildman–Crippen LogP) is 3.10. The Balaban J connectivity index is 1.57. The molecule has 5 heteroatoms. The Morgan fingerprint density at radius 1 is 1.33 bits per heavy atom. The Morgan fingerprint density at radius 2 is 2.04 bits per heavy atom. The van der Waals surface area contributed by atoms with Crippen molar-refractivity contribution >= 4 is 16.9 Å². The van der Waals surface area contributed by atoms with Crippen molar-refractivity contribution in [1.29, 1.82) is 0 Å². The number of nitrogens with one attached hydrogen (secondary N) is 2. The lowest BCUT2D eigenvalue weighted by atomic mass is 10.1. The van der Waals surface area contributed by atoms with E-state index in [1.165, 1.54) is 23.8 Å². The summed E-state index contributed by atoms with van der Waals surface area (Å²) >= 11 is 0. The van der Waals surface area contributed by atoms with Crippen LogP contribution in [0.5, 0.6) is 0 Å². The van der Waals surface area contributed by atoms with E-state index in [1.807, 2.05) is 19.2 Å². The van der Waals surface area contributed by atoms with Crippen molar-refractivity contribution in [2.24, 2.45) is 0 Å². The molecule has 1 unspecified atom stereocenters. The smallest absolute Gasteiger partial charge is 0.317 e. The van der Waals surface area contributed by atoms with Gasteiger partial charge in [0.1, 0.15) is 0 Å². The minimum absolute atomic E-state index is 0.0141. The van der Waals surface area contributed by atoms with Crippen LogP contribution < -0.4 is 5.32 Å². The van der Waals surface area contributed by atoms with Crippen LogP contribution in [0.25, 0.3) is 10.9 Å². The maximum atomic E-state index is 12.4. The summed E-state index contributed by atoms with van der Waals surface area (Å²) in [4.78, 5) is 20.0. The molecule has 1 fully saturated rings. The third kappa shape index (κ3) is 3.73. The van der Waals surface area contributed by atoms with E-state index in [9.17, 15) is 4.79 Å². The fourth-order valence-electron chi connectivity index (χ4n) is 3.52. The largest absolute Gasteiger partial charge is 0.357 e. The van der Waals surface area contributed by atoms with Crippen LogP contribution in [0.4, 0.5) is 4.79 Å². The summed E-state index contributed by atoms with van der Waals surface area (Å²) in [6.07, 6.45) is 2.56. The molecule has 2 N–H and O–H groups in total. The van der Waals surface area contributed by atoms with Gasteiger partial charge in [-0.2, -0.15) is 0 Å². The van der Waals surface area contributed by atoms with Gasteiger partial charge in [-0.1, -0.05) is 18.2 Å². The Morgan fingerprint density at radius 3 is 2.75 bits per heavy atom. The van der Waals surface area contributed by atoms with E-state index in [4.69, 9.17) is 0 Å². The Labute approximate surface area is 144 Å². The highest BCUT2D eigenvalue weighted by Gasteiger charge is 2.18. The van der Waals surface area contributed by atoms with E-state index >= 15 is 0 Å². The van der Waals surface area contributed by atoms with Crippen LogP contribution in [0.2, 0.25) is 0 Å².